The van der Waals surface area contributed by atoms with Crippen LogP contribution in [0.1, 0.15) is 57.1 Å². The minimum atomic E-state index is -1.03. The molecule has 2 N–H and O–H groups in total. The molecule has 0 aliphatic heterocycles. The highest BCUT2D eigenvalue weighted by Gasteiger charge is 2.29. The van der Waals surface area contributed by atoms with Crippen molar-refractivity contribution < 1.29 is 24.2 Å². The van der Waals surface area contributed by atoms with Crippen molar-refractivity contribution in [2.24, 2.45) is 5.92 Å². The van der Waals surface area contributed by atoms with Gasteiger partial charge in [0, 0.05) is 24.9 Å². The Labute approximate surface area is 201 Å². The van der Waals surface area contributed by atoms with Gasteiger partial charge in [-0.15, -0.1) is 0 Å². The number of benzene rings is 2. The Morgan fingerprint density at radius 3 is 2.15 bits per heavy atom. The van der Waals surface area contributed by atoms with Crippen molar-refractivity contribution in [2.75, 3.05) is 19.7 Å². The van der Waals surface area contributed by atoms with Crippen LogP contribution in [-0.2, 0) is 14.3 Å². The molecule has 0 fully saturated rings. The number of rotatable bonds is 11. The van der Waals surface area contributed by atoms with Crippen LogP contribution in [0, 0.1) is 5.92 Å². The highest BCUT2D eigenvalue weighted by atomic mass is 16.5. The van der Waals surface area contributed by atoms with Crippen LogP contribution >= 0.6 is 0 Å². The van der Waals surface area contributed by atoms with Gasteiger partial charge in [0.1, 0.15) is 13.2 Å². The topological polar surface area (TPSA) is 95.9 Å². The highest BCUT2D eigenvalue weighted by Crippen LogP contribution is 2.44. The van der Waals surface area contributed by atoms with E-state index in [9.17, 15) is 14.4 Å². The summed E-state index contributed by atoms with van der Waals surface area (Å²) in [6.45, 7) is 6.12. The molecule has 7 nitrogen and oxygen atoms in total. The number of hydrogen-bond donors (Lipinski definition) is 2. The first-order valence-electron chi connectivity index (χ1n) is 11.9. The fourth-order valence-electron chi connectivity index (χ4n) is 4.50. The van der Waals surface area contributed by atoms with E-state index in [0.29, 0.717) is 19.4 Å². The standard InChI is InChI=1S/C27H34N2O5/c1-4-19(13-14-25(30)29(15-18(2)3)16-26(31)32)28-27(33)34-17-24-22-11-7-5-9-20(22)21-10-6-8-12-23(21)24/h5-12,18-19,24H,4,13-17H2,1-3H3,(H,28,33)(H,31,32). The summed E-state index contributed by atoms with van der Waals surface area (Å²) in [4.78, 5) is 37.6. The zero-order valence-corrected chi connectivity index (χ0v) is 20.1. The average Bonchev–Trinajstić information content (AvgIpc) is 3.13. The molecule has 0 bridgehead atoms. The molecule has 1 unspecified atom stereocenters. The summed E-state index contributed by atoms with van der Waals surface area (Å²) in [7, 11) is 0. The van der Waals surface area contributed by atoms with Crippen molar-refractivity contribution in [3.63, 3.8) is 0 Å². The van der Waals surface area contributed by atoms with E-state index in [1.807, 2.05) is 45.0 Å². The fourth-order valence-corrected chi connectivity index (χ4v) is 4.50. The van der Waals surface area contributed by atoms with Crippen molar-refractivity contribution in [3.05, 3.63) is 59.7 Å². The van der Waals surface area contributed by atoms with Crippen molar-refractivity contribution in [1.82, 2.24) is 10.2 Å². The Morgan fingerprint density at radius 1 is 1.03 bits per heavy atom. The lowest BCUT2D eigenvalue weighted by Crippen LogP contribution is -2.40. The number of ether oxygens (including phenoxy) is 1. The van der Waals surface area contributed by atoms with Gasteiger partial charge in [0.2, 0.25) is 5.91 Å². The minimum absolute atomic E-state index is 0.0135. The number of aliphatic carboxylic acids is 1. The number of nitrogens with zero attached hydrogens (tertiary/aromatic N) is 1. The molecule has 7 heteroatoms. The zero-order valence-electron chi connectivity index (χ0n) is 20.1. The zero-order chi connectivity index (χ0) is 24.7. The highest BCUT2D eigenvalue weighted by molar-refractivity contribution is 5.81. The van der Waals surface area contributed by atoms with E-state index in [0.717, 1.165) is 11.1 Å². The Hall–Kier alpha value is -3.35. The number of nitrogens with one attached hydrogen (secondary N) is 1. The van der Waals surface area contributed by atoms with Gasteiger partial charge >= 0.3 is 12.1 Å². The second kappa shape index (κ2) is 11.7. The van der Waals surface area contributed by atoms with Gasteiger partial charge in [-0.1, -0.05) is 69.3 Å². The number of carbonyl (C=O) groups excluding carboxylic acids is 2. The molecule has 34 heavy (non-hydrogen) atoms. The molecule has 2 aromatic carbocycles. The number of hydrogen-bond acceptors (Lipinski definition) is 4. The molecule has 182 valence electrons. The monoisotopic (exact) mass is 466 g/mol. The first-order valence-corrected chi connectivity index (χ1v) is 11.9. The van der Waals surface area contributed by atoms with E-state index >= 15 is 0 Å². The third kappa shape index (κ3) is 6.37. The molecule has 2 amide bonds. The SMILES string of the molecule is CCC(CCC(=O)N(CC(=O)O)CC(C)C)NC(=O)OCC1c2ccccc2-c2ccccc21. The maximum absolute atomic E-state index is 12.6. The Bertz CT molecular complexity index is 974. The quantitative estimate of drug-likeness (QED) is 0.502. The summed E-state index contributed by atoms with van der Waals surface area (Å²) in [6, 6.07) is 16.1. The van der Waals surface area contributed by atoms with Gasteiger partial charge in [-0.25, -0.2) is 4.79 Å². The second-order valence-corrected chi connectivity index (χ2v) is 9.18. The van der Waals surface area contributed by atoms with Gasteiger partial charge in [0.25, 0.3) is 0 Å². The predicted molar refractivity (Wildman–Crippen MR) is 131 cm³/mol. The van der Waals surface area contributed by atoms with Crippen molar-refractivity contribution >= 4 is 18.0 Å². The first-order chi connectivity index (χ1) is 16.3. The molecule has 1 atom stereocenters. The molecule has 2 aromatic rings. The maximum Gasteiger partial charge on any atom is 0.407 e. The molecule has 0 spiro atoms. The van der Waals surface area contributed by atoms with E-state index in [4.69, 9.17) is 9.84 Å². The lowest BCUT2D eigenvalue weighted by molar-refractivity contribution is -0.144. The van der Waals surface area contributed by atoms with Gasteiger partial charge in [0.05, 0.1) is 0 Å². The molecule has 0 aromatic heterocycles. The molecule has 1 aliphatic carbocycles. The lowest BCUT2D eigenvalue weighted by atomic mass is 9.98. The number of amides is 2. The molecule has 0 radical (unpaired) electrons. The molecule has 0 saturated heterocycles. The minimum Gasteiger partial charge on any atom is -0.480 e. The van der Waals surface area contributed by atoms with Gasteiger partial charge in [-0.3, -0.25) is 9.59 Å². The Kier molecular flexibility index (Phi) is 8.68. The summed E-state index contributed by atoms with van der Waals surface area (Å²) < 4.78 is 5.61. The number of carboxylic acid groups (broad SMARTS) is 1. The molecular formula is C27H34N2O5. The van der Waals surface area contributed by atoms with E-state index in [1.54, 1.807) is 0 Å². The molecular weight excluding hydrogens is 432 g/mol. The van der Waals surface area contributed by atoms with Crippen molar-refractivity contribution in [1.29, 1.82) is 0 Å². The maximum atomic E-state index is 12.6. The number of alkyl carbamates (subject to hydrolysis) is 1. The summed E-state index contributed by atoms with van der Waals surface area (Å²) in [5.74, 6) is -1.09. The largest absolute Gasteiger partial charge is 0.480 e. The van der Waals surface area contributed by atoms with Gasteiger partial charge in [0.15, 0.2) is 0 Å². The number of fused-ring (bicyclic) bond motifs is 3. The van der Waals surface area contributed by atoms with Crippen LogP contribution in [0.5, 0.6) is 0 Å². The van der Waals surface area contributed by atoms with Gasteiger partial charge in [-0.05, 0) is 41.0 Å². The number of carboxylic acids is 1. The van der Waals surface area contributed by atoms with E-state index in [-0.39, 0.29) is 43.4 Å². The Morgan fingerprint density at radius 2 is 1.62 bits per heavy atom. The smallest absolute Gasteiger partial charge is 0.407 e. The van der Waals surface area contributed by atoms with Crippen LogP contribution in [0.3, 0.4) is 0 Å². The summed E-state index contributed by atoms with van der Waals surface area (Å²) >= 11 is 0. The third-order valence-corrected chi connectivity index (χ3v) is 6.13. The fraction of sp³-hybridized carbons (Fsp3) is 0.444. The Balaban J connectivity index is 1.54. The van der Waals surface area contributed by atoms with Crippen LogP contribution < -0.4 is 5.32 Å². The molecule has 0 saturated carbocycles. The normalized spacial score (nSPS) is 13.2. The first kappa shape index (κ1) is 25.3. The second-order valence-electron chi connectivity index (χ2n) is 9.18. The van der Waals surface area contributed by atoms with Crippen LogP contribution in [0.2, 0.25) is 0 Å². The van der Waals surface area contributed by atoms with Crippen LogP contribution in [0.15, 0.2) is 48.5 Å². The third-order valence-electron chi connectivity index (χ3n) is 6.13. The van der Waals surface area contributed by atoms with Crippen molar-refractivity contribution in [2.45, 2.75) is 52.0 Å². The van der Waals surface area contributed by atoms with Crippen LogP contribution in [0.25, 0.3) is 11.1 Å². The average molecular weight is 467 g/mol. The summed E-state index contributed by atoms with van der Waals surface area (Å²) in [5.41, 5.74) is 4.64. The van der Waals surface area contributed by atoms with Crippen molar-refractivity contribution in [3.8, 4) is 11.1 Å². The van der Waals surface area contributed by atoms with E-state index in [2.05, 4.69) is 29.6 Å². The van der Waals surface area contributed by atoms with Crippen LogP contribution in [0.4, 0.5) is 4.79 Å². The molecule has 0 heterocycles. The number of carbonyl (C=O) groups is 3. The van der Waals surface area contributed by atoms with Crippen LogP contribution in [-0.4, -0.2) is 53.7 Å². The molecule has 3 rings (SSSR count). The lowest BCUT2D eigenvalue weighted by Gasteiger charge is -2.24. The summed E-state index contributed by atoms with van der Waals surface area (Å²) in [5, 5.41) is 12.0. The van der Waals surface area contributed by atoms with Gasteiger partial charge in [-0.2, -0.15) is 0 Å². The molecule has 1 aliphatic rings. The van der Waals surface area contributed by atoms with Gasteiger partial charge < -0.3 is 20.1 Å². The van der Waals surface area contributed by atoms with E-state index in [1.165, 1.54) is 16.0 Å². The summed E-state index contributed by atoms with van der Waals surface area (Å²) in [6.07, 6.45) is 0.724. The van der Waals surface area contributed by atoms with E-state index < -0.39 is 12.1 Å². The predicted octanol–water partition coefficient (Wildman–Crippen LogP) is 4.65.